The minimum atomic E-state index is -0.338. The molecule has 1 aromatic carbocycles. The molecule has 0 saturated carbocycles. The van der Waals surface area contributed by atoms with E-state index in [-0.39, 0.29) is 11.6 Å². The average Bonchev–Trinajstić information content (AvgIpc) is 2.58. The summed E-state index contributed by atoms with van der Waals surface area (Å²) in [6.07, 6.45) is 3.38. The summed E-state index contributed by atoms with van der Waals surface area (Å²) in [6.45, 7) is 3.99. The molecule has 1 aliphatic heterocycles. The van der Waals surface area contributed by atoms with E-state index < -0.39 is 0 Å². The lowest BCUT2D eigenvalue weighted by Gasteiger charge is -2.18. The van der Waals surface area contributed by atoms with Crippen molar-refractivity contribution in [2.75, 3.05) is 0 Å². The Kier molecular flexibility index (Phi) is 3.25. The summed E-state index contributed by atoms with van der Waals surface area (Å²) >= 11 is 5.81. The standard InChI is InChI=1S/C14H15ClO2/c1-3-14(2)9-11(13(16)17-14)8-10-4-6-12(15)7-5-10/h4-8H,3,9H2,1-2H3/b11-8+. The molecule has 90 valence electrons. The minimum absolute atomic E-state index is 0.204. The molecule has 1 aliphatic rings. The van der Waals surface area contributed by atoms with Crippen molar-refractivity contribution in [1.82, 2.24) is 0 Å². The van der Waals surface area contributed by atoms with Crippen molar-refractivity contribution < 1.29 is 9.53 Å². The SMILES string of the molecule is CCC1(C)C/C(=C\c2ccc(Cl)cc2)C(=O)O1. The van der Waals surface area contributed by atoms with E-state index in [1.807, 2.05) is 44.2 Å². The van der Waals surface area contributed by atoms with Crippen LogP contribution in [0.25, 0.3) is 6.08 Å². The van der Waals surface area contributed by atoms with Gasteiger partial charge in [0.1, 0.15) is 5.60 Å². The summed E-state index contributed by atoms with van der Waals surface area (Å²) in [5.74, 6) is -0.204. The summed E-state index contributed by atoms with van der Waals surface area (Å²) in [5.41, 5.74) is 1.37. The van der Waals surface area contributed by atoms with Crippen molar-refractivity contribution in [3.63, 3.8) is 0 Å². The molecule has 1 fully saturated rings. The Morgan fingerprint density at radius 3 is 2.59 bits per heavy atom. The molecule has 1 aromatic rings. The van der Waals surface area contributed by atoms with E-state index in [0.717, 1.165) is 17.6 Å². The van der Waals surface area contributed by atoms with Crippen LogP contribution in [0.2, 0.25) is 5.02 Å². The molecule has 0 spiro atoms. The van der Waals surface area contributed by atoms with Gasteiger partial charge >= 0.3 is 5.97 Å². The molecule has 1 heterocycles. The van der Waals surface area contributed by atoms with Crippen LogP contribution >= 0.6 is 11.6 Å². The Bertz CT molecular complexity index is 462. The zero-order chi connectivity index (χ0) is 12.5. The third kappa shape index (κ3) is 2.70. The Labute approximate surface area is 106 Å². The third-order valence-corrected chi connectivity index (χ3v) is 3.38. The Morgan fingerprint density at radius 2 is 2.06 bits per heavy atom. The molecule has 0 aromatic heterocycles. The number of cyclic esters (lactones) is 1. The average molecular weight is 251 g/mol. The summed E-state index contributed by atoms with van der Waals surface area (Å²) in [4.78, 5) is 11.7. The summed E-state index contributed by atoms with van der Waals surface area (Å²) < 4.78 is 5.37. The van der Waals surface area contributed by atoms with Gasteiger partial charge in [0, 0.05) is 17.0 Å². The highest BCUT2D eigenvalue weighted by atomic mass is 35.5. The molecule has 0 radical (unpaired) electrons. The quantitative estimate of drug-likeness (QED) is 0.589. The lowest BCUT2D eigenvalue weighted by Crippen LogP contribution is -2.21. The van der Waals surface area contributed by atoms with E-state index in [9.17, 15) is 4.79 Å². The number of carbonyl (C=O) groups excluding carboxylic acids is 1. The smallest absolute Gasteiger partial charge is 0.334 e. The number of benzene rings is 1. The summed E-state index contributed by atoms with van der Waals surface area (Å²) in [5, 5.41) is 0.694. The first-order chi connectivity index (χ1) is 8.02. The van der Waals surface area contributed by atoms with E-state index in [1.165, 1.54) is 0 Å². The van der Waals surface area contributed by atoms with Crippen LogP contribution in [-0.2, 0) is 9.53 Å². The first kappa shape index (κ1) is 12.2. The highest BCUT2D eigenvalue weighted by Gasteiger charge is 2.37. The Morgan fingerprint density at radius 1 is 1.41 bits per heavy atom. The molecular weight excluding hydrogens is 236 g/mol. The number of hydrogen-bond donors (Lipinski definition) is 0. The van der Waals surface area contributed by atoms with Gasteiger partial charge in [-0.05, 0) is 37.1 Å². The second-order valence-corrected chi connectivity index (χ2v) is 5.03. The van der Waals surface area contributed by atoms with Crippen LogP contribution in [-0.4, -0.2) is 11.6 Å². The van der Waals surface area contributed by atoms with Crippen LogP contribution in [0.3, 0.4) is 0 Å². The third-order valence-electron chi connectivity index (χ3n) is 3.12. The van der Waals surface area contributed by atoms with Crippen molar-refractivity contribution in [2.24, 2.45) is 0 Å². The van der Waals surface area contributed by atoms with E-state index in [4.69, 9.17) is 16.3 Å². The molecule has 2 rings (SSSR count). The van der Waals surface area contributed by atoms with Gasteiger partial charge in [0.05, 0.1) is 0 Å². The van der Waals surface area contributed by atoms with Crippen molar-refractivity contribution in [1.29, 1.82) is 0 Å². The fourth-order valence-corrected chi connectivity index (χ4v) is 1.99. The lowest BCUT2D eigenvalue weighted by molar-refractivity contribution is -0.145. The van der Waals surface area contributed by atoms with E-state index >= 15 is 0 Å². The van der Waals surface area contributed by atoms with Crippen molar-refractivity contribution in [3.8, 4) is 0 Å². The Balaban J connectivity index is 2.23. The largest absolute Gasteiger partial charge is 0.456 e. The highest BCUT2D eigenvalue weighted by molar-refractivity contribution is 6.30. The minimum Gasteiger partial charge on any atom is -0.456 e. The zero-order valence-corrected chi connectivity index (χ0v) is 10.8. The van der Waals surface area contributed by atoms with Crippen molar-refractivity contribution >= 4 is 23.6 Å². The predicted molar refractivity (Wildman–Crippen MR) is 68.8 cm³/mol. The first-order valence-corrected chi connectivity index (χ1v) is 6.10. The van der Waals surface area contributed by atoms with E-state index in [0.29, 0.717) is 11.4 Å². The fourth-order valence-electron chi connectivity index (χ4n) is 1.87. The van der Waals surface area contributed by atoms with Crippen LogP contribution < -0.4 is 0 Å². The molecule has 17 heavy (non-hydrogen) atoms. The molecule has 1 saturated heterocycles. The van der Waals surface area contributed by atoms with Crippen LogP contribution in [0, 0.1) is 0 Å². The highest BCUT2D eigenvalue weighted by Crippen LogP contribution is 2.34. The molecule has 0 N–H and O–H groups in total. The molecule has 3 heteroatoms. The molecule has 0 bridgehead atoms. The van der Waals surface area contributed by atoms with Gasteiger partial charge in [0.2, 0.25) is 0 Å². The molecular formula is C14H15ClO2. The normalized spacial score (nSPS) is 26.3. The van der Waals surface area contributed by atoms with Gasteiger partial charge in [0.25, 0.3) is 0 Å². The molecule has 1 unspecified atom stereocenters. The number of esters is 1. The molecule has 1 atom stereocenters. The van der Waals surface area contributed by atoms with E-state index in [2.05, 4.69) is 0 Å². The van der Waals surface area contributed by atoms with Gasteiger partial charge in [-0.3, -0.25) is 0 Å². The van der Waals surface area contributed by atoms with Crippen LogP contribution in [0.15, 0.2) is 29.8 Å². The molecule has 2 nitrogen and oxygen atoms in total. The number of halogens is 1. The molecule has 0 amide bonds. The number of rotatable bonds is 2. The monoisotopic (exact) mass is 250 g/mol. The summed E-state index contributed by atoms with van der Waals surface area (Å²) in [6, 6.07) is 7.41. The van der Waals surface area contributed by atoms with E-state index in [1.54, 1.807) is 0 Å². The van der Waals surface area contributed by atoms with Crippen LogP contribution in [0.1, 0.15) is 32.3 Å². The van der Waals surface area contributed by atoms with Crippen LogP contribution in [0.5, 0.6) is 0 Å². The Hall–Kier alpha value is -1.28. The number of hydrogen-bond acceptors (Lipinski definition) is 2. The second-order valence-electron chi connectivity index (χ2n) is 4.59. The van der Waals surface area contributed by atoms with Gasteiger partial charge in [-0.25, -0.2) is 4.79 Å². The van der Waals surface area contributed by atoms with Gasteiger partial charge in [-0.15, -0.1) is 0 Å². The first-order valence-electron chi connectivity index (χ1n) is 5.72. The maximum atomic E-state index is 11.7. The van der Waals surface area contributed by atoms with Crippen molar-refractivity contribution in [3.05, 3.63) is 40.4 Å². The molecule has 0 aliphatic carbocycles. The topological polar surface area (TPSA) is 26.3 Å². The maximum Gasteiger partial charge on any atom is 0.334 e. The maximum absolute atomic E-state index is 11.7. The predicted octanol–water partition coefficient (Wildman–Crippen LogP) is 3.84. The lowest BCUT2D eigenvalue weighted by atomic mass is 9.96. The second kappa shape index (κ2) is 4.53. The van der Waals surface area contributed by atoms with Gasteiger partial charge in [0.15, 0.2) is 0 Å². The van der Waals surface area contributed by atoms with Crippen LogP contribution in [0.4, 0.5) is 0 Å². The zero-order valence-electron chi connectivity index (χ0n) is 10.00. The number of ether oxygens (including phenoxy) is 1. The fraction of sp³-hybridized carbons (Fsp3) is 0.357. The number of carbonyl (C=O) groups is 1. The summed E-state index contributed by atoms with van der Waals surface area (Å²) in [7, 11) is 0. The van der Waals surface area contributed by atoms with Gasteiger partial charge in [-0.2, -0.15) is 0 Å². The van der Waals surface area contributed by atoms with Gasteiger partial charge < -0.3 is 4.74 Å². The van der Waals surface area contributed by atoms with Crippen molar-refractivity contribution in [2.45, 2.75) is 32.3 Å². The van der Waals surface area contributed by atoms with Gasteiger partial charge in [-0.1, -0.05) is 30.7 Å².